The van der Waals surface area contributed by atoms with Gasteiger partial charge in [-0.05, 0) is 12.7 Å². The van der Waals surface area contributed by atoms with Crippen molar-refractivity contribution in [3.05, 3.63) is 0 Å². The summed E-state index contributed by atoms with van der Waals surface area (Å²) in [5, 5.41) is 28.4. The van der Waals surface area contributed by atoms with Gasteiger partial charge in [0.15, 0.2) is 0 Å². The summed E-state index contributed by atoms with van der Waals surface area (Å²) in [4.78, 5) is 20.4. The zero-order chi connectivity index (χ0) is 15.1. The maximum Gasteiger partial charge on any atom is 0.320 e. The molecule has 0 aromatic rings. The Morgan fingerprint density at radius 2 is 1.84 bits per heavy atom. The van der Waals surface area contributed by atoms with Crippen LogP contribution in [0.5, 0.6) is 0 Å². The summed E-state index contributed by atoms with van der Waals surface area (Å²) in [6, 6.07) is -1.27. The lowest BCUT2D eigenvalue weighted by Crippen LogP contribution is -2.46. The highest BCUT2D eigenvalue weighted by atomic mass is 32.2. The number of aliphatic hydroxyl groups is 1. The molecule has 0 saturated carbocycles. The van der Waals surface area contributed by atoms with Crippen LogP contribution in [0.25, 0.3) is 0 Å². The first kappa shape index (κ1) is 18.2. The lowest BCUT2D eigenvalue weighted by molar-refractivity contribution is -0.150. The van der Waals surface area contributed by atoms with Crippen molar-refractivity contribution in [3.8, 4) is 0 Å². The number of hydrogen-bond acceptors (Lipinski definition) is 5. The number of thioether (sulfide) groups is 1. The van der Waals surface area contributed by atoms with E-state index in [2.05, 4.69) is 0 Å². The monoisotopic (exact) mass is 293 g/mol. The van der Waals surface area contributed by atoms with Crippen LogP contribution in [0.3, 0.4) is 0 Å². The van der Waals surface area contributed by atoms with Crippen LogP contribution in [0, 0.1) is 5.92 Å². The van der Waals surface area contributed by atoms with E-state index in [-0.39, 0.29) is 6.42 Å². The summed E-state index contributed by atoms with van der Waals surface area (Å²) in [6.45, 7) is 2.00. The van der Waals surface area contributed by atoms with Gasteiger partial charge in [0.2, 0.25) is 0 Å². The predicted molar refractivity (Wildman–Crippen MR) is 74.0 cm³/mol. The number of nitrogens with two attached hydrogens (primary N) is 1. The van der Waals surface area contributed by atoms with Crippen LogP contribution in [0.1, 0.15) is 39.0 Å². The molecule has 0 aliphatic rings. The fourth-order valence-corrected chi connectivity index (χ4v) is 2.76. The Hall–Kier alpha value is -0.790. The van der Waals surface area contributed by atoms with E-state index in [0.29, 0.717) is 12.8 Å². The molecule has 112 valence electrons. The molecule has 0 aromatic heterocycles. The molecule has 0 aromatic carbocycles. The Bertz CT molecular complexity index is 312. The quantitative estimate of drug-likeness (QED) is 0.352. The van der Waals surface area contributed by atoms with E-state index in [9.17, 15) is 19.8 Å². The lowest BCUT2D eigenvalue weighted by Gasteiger charge is -2.33. The highest BCUT2D eigenvalue weighted by Crippen LogP contribution is 2.36. The predicted octanol–water partition coefficient (Wildman–Crippen LogP) is 1.12. The third kappa shape index (κ3) is 5.80. The number of rotatable bonds is 10. The first-order chi connectivity index (χ1) is 8.78. The Balaban J connectivity index is 4.88. The summed E-state index contributed by atoms with van der Waals surface area (Å²) >= 11 is 0.944. The van der Waals surface area contributed by atoms with Crippen molar-refractivity contribution >= 4 is 23.7 Å². The third-order valence-corrected chi connectivity index (χ3v) is 4.28. The largest absolute Gasteiger partial charge is 0.481 e. The van der Waals surface area contributed by atoms with Gasteiger partial charge in [0.25, 0.3) is 0 Å². The summed E-state index contributed by atoms with van der Waals surface area (Å²) in [7, 11) is 0. The Morgan fingerprint density at radius 1 is 1.26 bits per heavy atom. The number of aliphatic carboxylic acids is 2. The Kier molecular flexibility index (Phi) is 8.05. The van der Waals surface area contributed by atoms with Crippen molar-refractivity contribution < 1.29 is 24.9 Å². The maximum absolute atomic E-state index is 11.3. The van der Waals surface area contributed by atoms with Gasteiger partial charge in [0.1, 0.15) is 11.0 Å². The molecular formula is C12H23NO5S. The second-order valence-corrected chi connectivity index (χ2v) is 5.70. The van der Waals surface area contributed by atoms with Crippen LogP contribution in [-0.2, 0) is 9.59 Å². The number of carbonyl (C=O) groups is 2. The zero-order valence-corrected chi connectivity index (χ0v) is 12.2. The normalized spacial score (nSPS) is 17.5. The lowest BCUT2D eigenvalue weighted by atomic mass is 9.90. The molecule has 0 radical (unpaired) electrons. The molecular weight excluding hydrogens is 270 g/mol. The van der Waals surface area contributed by atoms with Gasteiger partial charge in [-0.1, -0.05) is 26.2 Å². The zero-order valence-electron chi connectivity index (χ0n) is 11.3. The third-order valence-electron chi connectivity index (χ3n) is 3.12. The molecule has 0 bridgehead atoms. The van der Waals surface area contributed by atoms with Crippen molar-refractivity contribution in [2.45, 2.75) is 50.0 Å². The van der Waals surface area contributed by atoms with Gasteiger partial charge in [-0.25, -0.2) is 0 Å². The van der Waals surface area contributed by atoms with E-state index < -0.39 is 28.8 Å². The van der Waals surface area contributed by atoms with Crippen LogP contribution in [-0.4, -0.2) is 44.5 Å². The van der Waals surface area contributed by atoms with Crippen LogP contribution in [0.15, 0.2) is 0 Å². The minimum absolute atomic E-state index is 0.285. The maximum atomic E-state index is 11.3. The van der Waals surface area contributed by atoms with Gasteiger partial charge in [0, 0.05) is 6.42 Å². The van der Waals surface area contributed by atoms with Crippen molar-refractivity contribution in [1.29, 1.82) is 0 Å². The van der Waals surface area contributed by atoms with Crippen molar-refractivity contribution in [1.82, 2.24) is 0 Å². The summed E-state index contributed by atoms with van der Waals surface area (Å²) in [6.07, 6.45) is 4.08. The highest BCUT2D eigenvalue weighted by Gasteiger charge is 2.42. The molecule has 0 heterocycles. The molecule has 3 unspecified atom stereocenters. The molecule has 3 atom stereocenters. The highest BCUT2D eigenvalue weighted by molar-refractivity contribution is 7.99. The van der Waals surface area contributed by atoms with Crippen molar-refractivity contribution in [2.24, 2.45) is 11.7 Å². The van der Waals surface area contributed by atoms with Crippen LogP contribution in [0.2, 0.25) is 0 Å². The molecule has 6 nitrogen and oxygen atoms in total. The van der Waals surface area contributed by atoms with E-state index in [0.717, 1.165) is 24.6 Å². The van der Waals surface area contributed by atoms with Crippen LogP contribution < -0.4 is 5.73 Å². The first-order valence-corrected chi connectivity index (χ1v) is 7.49. The molecule has 7 heteroatoms. The Morgan fingerprint density at radius 3 is 2.21 bits per heavy atom. The molecule has 0 saturated heterocycles. The first-order valence-electron chi connectivity index (χ1n) is 6.27. The van der Waals surface area contributed by atoms with Crippen LogP contribution >= 0.6 is 11.8 Å². The van der Waals surface area contributed by atoms with E-state index in [1.165, 1.54) is 0 Å². The molecule has 0 fully saturated rings. The minimum atomic E-state index is -1.66. The van der Waals surface area contributed by atoms with Gasteiger partial charge < -0.3 is 21.1 Å². The van der Waals surface area contributed by atoms with E-state index in [4.69, 9.17) is 10.8 Å². The Labute approximate surface area is 117 Å². The SMILES string of the molecule is CCCCCC(C(=O)O)C(O)(CC(N)C(=O)O)SC. The van der Waals surface area contributed by atoms with Gasteiger partial charge in [0.05, 0.1) is 5.92 Å². The topological polar surface area (TPSA) is 121 Å². The second-order valence-electron chi connectivity index (χ2n) is 4.58. The number of carboxylic acids is 2. The molecule has 0 aliphatic carbocycles. The van der Waals surface area contributed by atoms with E-state index in [1.54, 1.807) is 6.26 Å². The molecule has 0 spiro atoms. The fraction of sp³-hybridized carbons (Fsp3) is 0.833. The standard InChI is InChI=1S/C12H23NO5S/c1-3-4-5-6-8(10(14)15)12(18,19-2)7-9(13)11(16)17/h8-9,18H,3-7,13H2,1-2H3,(H,14,15)(H,16,17). The molecule has 0 aliphatic heterocycles. The fourth-order valence-electron chi connectivity index (χ4n) is 1.91. The van der Waals surface area contributed by atoms with Crippen molar-refractivity contribution in [3.63, 3.8) is 0 Å². The summed E-state index contributed by atoms with van der Waals surface area (Å²) in [5.74, 6) is -3.38. The molecule has 19 heavy (non-hydrogen) atoms. The molecule has 5 N–H and O–H groups in total. The van der Waals surface area contributed by atoms with Gasteiger partial charge >= 0.3 is 11.9 Å². The number of hydrogen-bond donors (Lipinski definition) is 4. The van der Waals surface area contributed by atoms with Crippen LogP contribution in [0.4, 0.5) is 0 Å². The number of unbranched alkanes of at least 4 members (excludes halogenated alkanes) is 2. The van der Waals surface area contributed by atoms with Gasteiger partial charge in [-0.15, -0.1) is 11.8 Å². The number of carboxylic acid groups (broad SMARTS) is 2. The van der Waals surface area contributed by atoms with Crippen molar-refractivity contribution in [2.75, 3.05) is 6.26 Å². The van der Waals surface area contributed by atoms with E-state index >= 15 is 0 Å². The summed E-state index contributed by atoms with van der Waals surface area (Å²) in [5.41, 5.74) is 5.41. The summed E-state index contributed by atoms with van der Waals surface area (Å²) < 4.78 is 0. The van der Waals surface area contributed by atoms with E-state index in [1.807, 2.05) is 6.92 Å². The smallest absolute Gasteiger partial charge is 0.320 e. The second kappa shape index (κ2) is 8.39. The average molecular weight is 293 g/mol. The average Bonchev–Trinajstić information content (AvgIpc) is 2.33. The minimum Gasteiger partial charge on any atom is -0.481 e. The molecule has 0 amide bonds. The van der Waals surface area contributed by atoms with Gasteiger partial charge in [-0.2, -0.15) is 0 Å². The van der Waals surface area contributed by atoms with Gasteiger partial charge in [-0.3, -0.25) is 9.59 Å². The molecule has 0 rings (SSSR count).